The van der Waals surface area contributed by atoms with Crippen LogP contribution in [0.5, 0.6) is 5.75 Å². The van der Waals surface area contributed by atoms with Crippen molar-refractivity contribution in [2.45, 2.75) is 6.92 Å². The van der Waals surface area contributed by atoms with Gasteiger partial charge in [0.2, 0.25) is 10.0 Å². The van der Waals surface area contributed by atoms with Crippen molar-refractivity contribution in [2.75, 3.05) is 19.4 Å². The summed E-state index contributed by atoms with van der Waals surface area (Å²) >= 11 is 0. The van der Waals surface area contributed by atoms with Crippen molar-refractivity contribution in [1.82, 2.24) is 9.71 Å². The monoisotopic (exact) mass is 254 g/mol. The Bertz CT molecular complexity index is 512. The summed E-state index contributed by atoms with van der Waals surface area (Å²) in [6.07, 6.45) is 2.70. The van der Waals surface area contributed by atoms with E-state index in [9.17, 15) is 8.42 Å². The Kier molecular flexibility index (Phi) is 4.94. The van der Waals surface area contributed by atoms with E-state index in [0.29, 0.717) is 5.75 Å². The first kappa shape index (κ1) is 13.5. The van der Waals surface area contributed by atoms with Gasteiger partial charge < -0.3 is 4.74 Å². The minimum atomic E-state index is -3.17. The first-order valence-electron chi connectivity index (χ1n) is 4.93. The van der Waals surface area contributed by atoms with Crippen LogP contribution in [0, 0.1) is 18.8 Å². The Labute approximate surface area is 101 Å². The molecule has 0 unspecified atom stereocenters. The Morgan fingerprint density at radius 2 is 2.18 bits per heavy atom. The highest BCUT2D eigenvalue weighted by atomic mass is 32.2. The van der Waals surface area contributed by atoms with Gasteiger partial charge in [-0.05, 0) is 19.1 Å². The number of hydrogen-bond donors (Lipinski definition) is 1. The number of aryl methyl sites for hydroxylation is 1. The van der Waals surface area contributed by atoms with Crippen molar-refractivity contribution in [1.29, 1.82) is 0 Å². The summed E-state index contributed by atoms with van der Waals surface area (Å²) in [5.41, 5.74) is 0.917. The first-order valence-corrected chi connectivity index (χ1v) is 6.82. The van der Waals surface area contributed by atoms with Crippen LogP contribution in [-0.4, -0.2) is 32.8 Å². The van der Waals surface area contributed by atoms with Crippen LogP contribution in [0.2, 0.25) is 0 Å². The number of aromatic nitrogens is 1. The fraction of sp³-hybridized carbons (Fsp3) is 0.364. The van der Waals surface area contributed by atoms with E-state index in [1.54, 1.807) is 12.3 Å². The van der Waals surface area contributed by atoms with Crippen molar-refractivity contribution >= 4 is 10.0 Å². The number of hydrogen-bond acceptors (Lipinski definition) is 4. The maximum absolute atomic E-state index is 10.7. The summed E-state index contributed by atoms with van der Waals surface area (Å²) in [6.45, 7) is 2.19. The van der Waals surface area contributed by atoms with E-state index in [-0.39, 0.29) is 13.2 Å². The van der Waals surface area contributed by atoms with E-state index in [1.165, 1.54) is 0 Å². The molecule has 0 aliphatic carbocycles. The molecule has 0 bridgehead atoms. The van der Waals surface area contributed by atoms with Crippen LogP contribution in [0.3, 0.4) is 0 Å². The Morgan fingerprint density at radius 3 is 2.76 bits per heavy atom. The number of pyridine rings is 1. The molecule has 1 aromatic heterocycles. The largest absolute Gasteiger partial charge is 0.479 e. The molecule has 0 amide bonds. The number of sulfonamides is 1. The van der Waals surface area contributed by atoms with Gasteiger partial charge in [0, 0.05) is 5.69 Å². The molecule has 17 heavy (non-hydrogen) atoms. The molecule has 0 spiro atoms. The number of nitrogens with zero attached hydrogens (tertiary/aromatic N) is 1. The predicted octanol–water partition coefficient (Wildman–Crippen LogP) is 0.321. The molecule has 1 aromatic rings. The summed E-state index contributed by atoms with van der Waals surface area (Å²) in [5, 5.41) is 0. The summed E-state index contributed by atoms with van der Waals surface area (Å²) in [6, 6.07) is 3.65. The van der Waals surface area contributed by atoms with Gasteiger partial charge in [0.05, 0.1) is 19.0 Å². The van der Waals surface area contributed by atoms with Gasteiger partial charge in [-0.3, -0.25) is 4.98 Å². The maximum atomic E-state index is 10.7. The van der Waals surface area contributed by atoms with Crippen molar-refractivity contribution < 1.29 is 13.2 Å². The molecule has 1 rings (SSSR count). The third kappa shape index (κ3) is 6.56. The van der Waals surface area contributed by atoms with E-state index in [4.69, 9.17) is 4.74 Å². The molecule has 0 aliphatic heterocycles. The van der Waals surface area contributed by atoms with Crippen LogP contribution in [0.1, 0.15) is 5.69 Å². The SMILES string of the molecule is Cc1ccc(OCC#CCNS(C)(=O)=O)cn1. The number of ether oxygens (including phenoxy) is 1. The lowest BCUT2D eigenvalue weighted by molar-refractivity contribution is 0.368. The average Bonchev–Trinajstić information content (AvgIpc) is 2.24. The van der Waals surface area contributed by atoms with Crippen LogP contribution in [0.15, 0.2) is 18.3 Å². The molecule has 0 aliphatic rings. The molecule has 6 heteroatoms. The second kappa shape index (κ2) is 6.23. The second-order valence-electron chi connectivity index (χ2n) is 3.37. The Hall–Kier alpha value is -1.58. The lowest BCUT2D eigenvalue weighted by Crippen LogP contribution is -2.21. The summed E-state index contributed by atoms with van der Waals surface area (Å²) < 4.78 is 28.9. The molecular formula is C11H14N2O3S. The zero-order valence-corrected chi connectivity index (χ0v) is 10.5. The molecular weight excluding hydrogens is 240 g/mol. The average molecular weight is 254 g/mol. The van der Waals surface area contributed by atoms with E-state index < -0.39 is 10.0 Å². The van der Waals surface area contributed by atoms with E-state index >= 15 is 0 Å². The molecule has 1 heterocycles. The van der Waals surface area contributed by atoms with Crippen molar-refractivity contribution in [3.05, 3.63) is 24.0 Å². The van der Waals surface area contributed by atoms with Crippen molar-refractivity contribution in [3.8, 4) is 17.6 Å². The molecule has 0 aromatic carbocycles. The van der Waals surface area contributed by atoms with Crippen LogP contribution >= 0.6 is 0 Å². The summed E-state index contributed by atoms with van der Waals surface area (Å²) in [5.74, 6) is 5.97. The quantitative estimate of drug-likeness (QED) is 0.786. The fourth-order valence-corrected chi connectivity index (χ4v) is 1.27. The summed E-state index contributed by atoms with van der Waals surface area (Å²) in [7, 11) is -3.17. The van der Waals surface area contributed by atoms with Crippen molar-refractivity contribution in [2.24, 2.45) is 0 Å². The molecule has 1 N–H and O–H groups in total. The second-order valence-corrected chi connectivity index (χ2v) is 5.20. The van der Waals surface area contributed by atoms with Gasteiger partial charge in [-0.15, -0.1) is 0 Å². The van der Waals surface area contributed by atoms with E-state index in [0.717, 1.165) is 11.9 Å². The van der Waals surface area contributed by atoms with Gasteiger partial charge >= 0.3 is 0 Å². The van der Waals surface area contributed by atoms with Crippen LogP contribution in [0.4, 0.5) is 0 Å². The zero-order chi connectivity index (χ0) is 12.7. The Balaban J connectivity index is 2.29. The van der Waals surface area contributed by atoms with Gasteiger partial charge in [0.25, 0.3) is 0 Å². The van der Waals surface area contributed by atoms with Gasteiger partial charge in [0.15, 0.2) is 0 Å². The first-order chi connectivity index (χ1) is 7.97. The standard InChI is InChI=1S/C11H14N2O3S/c1-10-5-6-11(9-12-10)16-8-4-3-7-13-17(2,14)15/h5-6,9,13H,7-8H2,1-2H3. The number of rotatable bonds is 4. The lowest BCUT2D eigenvalue weighted by atomic mass is 10.4. The minimum Gasteiger partial charge on any atom is -0.479 e. The van der Waals surface area contributed by atoms with Crippen molar-refractivity contribution in [3.63, 3.8) is 0 Å². The molecule has 92 valence electrons. The third-order valence-electron chi connectivity index (χ3n) is 1.74. The molecule has 0 saturated carbocycles. The highest BCUT2D eigenvalue weighted by Gasteiger charge is 1.95. The van der Waals surface area contributed by atoms with Crippen LogP contribution in [-0.2, 0) is 10.0 Å². The highest BCUT2D eigenvalue weighted by Crippen LogP contribution is 2.07. The molecule has 0 fully saturated rings. The fourth-order valence-electron chi connectivity index (χ4n) is 0.940. The molecule has 0 saturated heterocycles. The van der Waals surface area contributed by atoms with E-state index in [1.807, 2.05) is 13.0 Å². The predicted molar refractivity (Wildman–Crippen MR) is 65.1 cm³/mol. The Morgan fingerprint density at radius 1 is 1.41 bits per heavy atom. The van der Waals surface area contributed by atoms with E-state index in [2.05, 4.69) is 21.5 Å². The van der Waals surface area contributed by atoms with Gasteiger partial charge in [0.1, 0.15) is 12.4 Å². The minimum absolute atomic E-state index is 0.0916. The lowest BCUT2D eigenvalue weighted by Gasteiger charge is -2.00. The van der Waals surface area contributed by atoms with Gasteiger partial charge in [-0.25, -0.2) is 13.1 Å². The topological polar surface area (TPSA) is 68.3 Å². The zero-order valence-electron chi connectivity index (χ0n) is 9.73. The highest BCUT2D eigenvalue weighted by molar-refractivity contribution is 7.88. The van der Waals surface area contributed by atoms with Gasteiger partial charge in [-0.1, -0.05) is 11.8 Å². The van der Waals surface area contributed by atoms with Crippen LogP contribution < -0.4 is 9.46 Å². The summed E-state index contributed by atoms with van der Waals surface area (Å²) in [4.78, 5) is 4.06. The van der Waals surface area contributed by atoms with Gasteiger partial charge in [-0.2, -0.15) is 0 Å². The number of nitrogens with one attached hydrogen (secondary N) is 1. The third-order valence-corrected chi connectivity index (χ3v) is 2.41. The molecule has 5 nitrogen and oxygen atoms in total. The molecule has 0 atom stereocenters. The molecule has 0 radical (unpaired) electrons. The van der Waals surface area contributed by atoms with Crippen LogP contribution in [0.25, 0.3) is 0 Å². The smallest absolute Gasteiger partial charge is 0.209 e. The maximum Gasteiger partial charge on any atom is 0.209 e. The normalized spacial score (nSPS) is 10.5.